The van der Waals surface area contributed by atoms with E-state index < -0.39 is 10.0 Å². The predicted molar refractivity (Wildman–Crippen MR) is 107 cm³/mol. The summed E-state index contributed by atoms with van der Waals surface area (Å²) >= 11 is 0. The molecule has 0 fully saturated rings. The molecule has 0 atom stereocenters. The Balaban J connectivity index is 1.91. The second kappa shape index (κ2) is 6.52. The Kier molecular flexibility index (Phi) is 4.16. The van der Waals surface area contributed by atoms with Gasteiger partial charge in [-0.2, -0.15) is 0 Å². The number of aldehydes is 1. The maximum absolute atomic E-state index is 13.0. The van der Waals surface area contributed by atoms with Crippen LogP contribution in [0.3, 0.4) is 0 Å². The van der Waals surface area contributed by atoms with Crippen molar-refractivity contribution in [1.29, 1.82) is 0 Å². The zero-order valence-corrected chi connectivity index (χ0v) is 15.5. The molecule has 4 aromatic rings. The van der Waals surface area contributed by atoms with Crippen LogP contribution in [0.4, 0.5) is 0 Å². The van der Waals surface area contributed by atoms with Crippen LogP contribution in [0.5, 0.6) is 0 Å². The molecule has 0 amide bonds. The van der Waals surface area contributed by atoms with E-state index in [1.54, 1.807) is 30.3 Å². The van der Waals surface area contributed by atoms with E-state index in [4.69, 9.17) is 0 Å². The van der Waals surface area contributed by atoms with Crippen molar-refractivity contribution in [2.24, 2.45) is 0 Å². The quantitative estimate of drug-likeness (QED) is 0.487. The summed E-state index contributed by atoms with van der Waals surface area (Å²) in [4.78, 5) is 11.7. The molecule has 4 nitrogen and oxygen atoms in total. The Bertz CT molecular complexity index is 1250. The summed E-state index contributed by atoms with van der Waals surface area (Å²) in [6.07, 6.45) is 2.08. The summed E-state index contributed by atoms with van der Waals surface area (Å²) in [5.41, 5.74) is 2.63. The fourth-order valence-corrected chi connectivity index (χ4v) is 4.54. The highest BCUT2D eigenvalue weighted by Gasteiger charge is 2.21. The normalized spacial score (nSPS) is 11.6. The third-order valence-corrected chi connectivity index (χ3v) is 6.32. The Labute approximate surface area is 157 Å². The molecule has 134 valence electrons. The van der Waals surface area contributed by atoms with Crippen molar-refractivity contribution in [2.75, 3.05) is 0 Å². The van der Waals surface area contributed by atoms with Gasteiger partial charge in [-0.3, -0.25) is 4.79 Å². The molecule has 0 saturated heterocycles. The van der Waals surface area contributed by atoms with Crippen LogP contribution in [0.25, 0.3) is 21.9 Å². The third kappa shape index (κ3) is 2.96. The number of benzene rings is 3. The molecule has 3 aromatic carbocycles. The van der Waals surface area contributed by atoms with Crippen LogP contribution < -0.4 is 0 Å². The minimum Gasteiger partial charge on any atom is -0.296 e. The van der Waals surface area contributed by atoms with E-state index in [1.165, 1.54) is 6.20 Å². The molecule has 1 aromatic heterocycles. The predicted octanol–water partition coefficient (Wildman–Crippen LogP) is 4.67. The van der Waals surface area contributed by atoms with E-state index in [9.17, 15) is 13.2 Å². The standard InChI is InChI=1S/C22H17NO3S/c1-16-9-11-20(12-10-16)27(25,26)23-14-18(13-19(23)15-24)22-8-4-6-17-5-2-3-7-21(17)22/h2-15H,1H3. The van der Waals surface area contributed by atoms with Crippen LogP contribution in [0, 0.1) is 6.92 Å². The number of carbonyl (C=O) groups excluding carboxylic acids is 1. The first-order valence-electron chi connectivity index (χ1n) is 8.48. The zero-order chi connectivity index (χ0) is 19.0. The van der Waals surface area contributed by atoms with Crippen molar-refractivity contribution in [2.45, 2.75) is 11.8 Å². The molecule has 0 aliphatic heterocycles. The SMILES string of the molecule is Cc1ccc(S(=O)(=O)n2cc(-c3cccc4ccccc34)cc2C=O)cc1. The molecule has 0 spiro atoms. The van der Waals surface area contributed by atoms with Gasteiger partial charge in [-0.1, -0.05) is 60.2 Å². The molecule has 5 heteroatoms. The van der Waals surface area contributed by atoms with Crippen molar-refractivity contribution in [3.8, 4) is 11.1 Å². The number of fused-ring (bicyclic) bond motifs is 1. The molecule has 0 N–H and O–H groups in total. The molecule has 27 heavy (non-hydrogen) atoms. The van der Waals surface area contributed by atoms with E-state index in [0.717, 1.165) is 25.9 Å². The number of nitrogens with zero attached hydrogens (tertiary/aromatic N) is 1. The zero-order valence-electron chi connectivity index (χ0n) is 14.7. The first kappa shape index (κ1) is 17.2. The number of aromatic nitrogens is 1. The van der Waals surface area contributed by atoms with Crippen LogP contribution in [-0.2, 0) is 10.0 Å². The molecule has 0 aliphatic carbocycles. The lowest BCUT2D eigenvalue weighted by molar-refractivity contribution is 0.111. The van der Waals surface area contributed by atoms with E-state index in [1.807, 2.05) is 49.4 Å². The van der Waals surface area contributed by atoms with Crippen LogP contribution in [0.1, 0.15) is 16.1 Å². The van der Waals surface area contributed by atoms with Gasteiger partial charge < -0.3 is 0 Å². The van der Waals surface area contributed by atoms with Gasteiger partial charge >= 0.3 is 0 Å². The van der Waals surface area contributed by atoms with Gasteiger partial charge in [0.1, 0.15) is 0 Å². The van der Waals surface area contributed by atoms with E-state index in [2.05, 4.69) is 0 Å². The summed E-state index contributed by atoms with van der Waals surface area (Å²) in [5, 5.41) is 2.05. The Morgan fingerprint density at radius 1 is 0.889 bits per heavy atom. The molecule has 1 heterocycles. The van der Waals surface area contributed by atoms with Gasteiger partial charge in [-0.05, 0) is 41.5 Å². The molecule has 4 rings (SSSR count). The highest BCUT2D eigenvalue weighted by Crippen LogP contribution is 2.31. The highest BCUT2D eigenvalue weighted by molar-refractivity contribution is 7.90. The van der Waals surface area contributed by atoms with Gasteiger partial charge in [0.2, 0.25) is 0 Å². The number of hydrogen-bond donors (Lipinski definition) is 0. The molecule has 0 unspecified atom stereocenters. The molecule has 0 aliphatic rings. The summed E-state index contributed by atoms with van der Waals surface area (Å²) in [6, 6.07) is 21.9. The summed E-state index contributed by atoms with van der Waals surface area (Å²) in [7, 11) is -3.85. The third-order valence-electron chi connectivity index (χ3n) is 4.61. The number of rotatable bonds is 4. The van der Waals surface area contributed by atoms with Crippen molar-refractivity contribution in [3.63, 3.8) is 0 Å². The molecular weight excluding hydrogens is 358 g/mol. The van der Waals surface area contributed by atoms with Crippen molar-refractivity contribution >= 4 is 27.1 Å². The van der Waals surface area contributed by atoms with Gasteiger partial charge in [-0.25, -0.2) is 12.4 Å². The average molecular weight is 375 g/mol. The first-order chi connectivity index (χ1) is 13.0. The van der Waals surface area contributed by atoms with Gasteiger partial charge in [0.05, 0.1) is 10.6 Å². The van der Waals surface area contributed by atoms with E-state index in [0.29, 0.717) is 11.8 Å². The molecule has 0 radical (unpaired) electrons. The Morgan fingerprint density at radius 2 is 1.59 bits per heavy atom. The number of hydrogen-bond acceptors (Lipinski definition) is 3. The lowest BCUT2D eigenvalue weighted by Gasteiger charge is -2.08. The lowest BCUT2D eigenvalue weighted by Crippen LogP contribution is -2.14. The number of carbonyl (C=O) groups is 1. The smallest absolute Gasteiger partial charge is 0.268 e. The van der Waals surface area contributed by atoms with Crippen LogP contribution in [-0.4, -0.2) is 18.7 Å². The topological polar surface area (TPSA) is 56.1 Å². The minimum atomic E-state index is -3.85. The molecule has 0 bridgehead atoms. The Hall–Kier alpha value is -3.18. The minimum absolute atomic E-state index is 0.0958. The first-order valence-corrected chi connectivity index (χ1v) is 9.93. The molecular formula is C22H17NO3S. The second-order valence-electron chi connectivity index (χ2n) is 6.41. The van der Waals surface area contributed by atoms with Crippen molar-refractivity contribution in [1.82, 2.24) is 3.97 Å². The van der Waals surface area contributed by atoms with Gasteiger partial charge in [0, 0.05) is 11.8 Å². The summed E-state index contributed by atoms with van der Waals surface area (Å²) in [6.45, 7) is 1.89. The summed E-state index contributed by atoms with van der Waals surface area (Å²) < 4.78 is 27.1. The van der Waals surface area contributed by atoms with Gasteiger partial charge in [0.15, 0.2) is 6.29 Å². The Morgan fingerprint density at radius 3 is 2.33 bits per heavy atom. The van der Waals surface area contributed by atoms with Gasteiger partial charge in [0.25, 0.3) is 10.0 Å². The fourth-order valence-electron chi connectivity index (χ4n) is 3.20. The van der Waals surface area contributed by atoms with Crippen molar-refractivity contribution in [3.05, 3.63) is 90.3 Å². The van der Waals surface area contributed by atoms with E-state index in [-0.39, 0.29) is 10.6 Å². The lowest BCUT2D eigenvalue weighted by atomic mass is 10.0. The van der Waals surface area contributed by atoms with Crippen molar-refractivity contribution < 1.29 is 13.2 Å². The fraction of sp³-hybridized carbons (Fsp3) is 0.0455. The van der Waals surface area contributed by atoms with Crippen LogP contribution >= 0.6 is 0 Å². The van der Waals surface area contributed by atoms with Gasteiger partial charge in [-0.15, -0.1) is 0 Å². The monoisotopic (exact) mass is 375 g/mol. The number of aryl methyl sites for hydroxylation is 1. The largest absolute Gasteiger partial charge is 0.296 e. The van der Waals surface area contributed by atoms with Crippen LogP contribution in [0.2, 0.25) is 0 Å². The average Bonchev–Trinajstić information content (AvgIpc) is 3.13. The summed E-state index contributed by atoms with van der Waals surface area (Å²) in [5.74, 6) is 0. The maximum Gasteiger partial charge on any atom is 0.268 e. The molecule has 0 saturated carbocycles. The highest BCUT2D eigenvalue weighted by atomic mass is 32.2. The van der Waals surface area contributed by atoms with E-state index >= 15 is 0 Å². The second-order valence-corrected chi connectivity index (χ2v) is 8.23. The maximum atomic E-state index is 13.0. The van der Waals surface area contributed by atoms with Crippen LogP contribution in [0.15, 0.2) is 83.9 Å².